The van der Waals surface area contributed by atoms with Crippen LogP contribution in [0.15, 0.2) is 42.5 Å². The molecule has 1 aromatic carbocycles. The zero-order valence-corrected chi connectivity index (χ0v) is 11.1. The fourth-order valence-corrected chi connectivity index (χ4v) is 1.85. The molecule has 0 aliphatic rings. The highest BCUT2D eigenvalue weighted by Gasteiger charge is 1.98. The third-order valence-electron chi connectivity index (χ3n) is 2.91. The first-order valence-electron chi connectivity index (χ1n) is 6.55. The van der Waals surface area contributed by atoms with E-state index in [2.05, 4.69) is 29.4 Å². The largest absolute Gasteiger partial charge is 0.340 e. The number of aromatic nitrogens is 1. The molecular weight excluding hydrogens is 234 g/mol. The second-order valence-corrected chi connectivity index (χ2v) is 4.45. The van der Waals surface area contributed by atoms with Gasteiger partial charge in [-0.05, 0) is 42.7 Å². The van der Waals surface area contributed by atoms with Crippen LogP contribution in [0.3, 0.4) is 0 Å². The van der Waals surface area contributed by atoms with Crippen LogP contribution in [0.5, 0.6) is 0 Å². The van der Waals surface area contributed by atoms with Crippen molar-refractivity contribution >= 4 is 11.5 Å². The molecule has 0 amide bonds. The molecule has 0 bridgehead atoms. The van der Waals surface area contributed by atoms with E-state index in [1.807, 2.05) is 30.3 Å². The topological polar surface area (TPSA) is 48.7 Å². The predicted molar refractivity (Wildman–Crippen MR) is 77.3 cm³/mol. The molecule has 0 atom stereocenters. The molecular formula is C16H17N3. The number of benzene rings is 1. The molecule has 96 valence electrons. The third-order valence-corrected chi connectivity index (χ3v) is 2.91. The Morgan fingerprint density at radius 1 is 1.16 bits per heavy atom. The van der Waals surface area contributed by atoms with Crippen molar-refractivity contribution in [2.24, 2.45) is 0 Å². The Balaban J connectivity index is 2.04. The lowest BCUT2D eigenvalue weighted by Crippen LogP contribution is -1.95. The molecule has 2 rings (SSSR count). The van der Waals surface area contributed by atoms with E-state index in [1.165, 1.54) is 18.4 Å². The molecule has 0 saturated carbocycles. The van der Waals surface area contributed by atoms with Gasteiger partial charge in [0.1, 0.15) is 17.6 Å². The Morgan fingerprint density at radius 2 is 1.95 bits per heavy atom. The second-order valence-electron chi connectivity index (χ2n) is 4.45. The maximum Gasteiger partial charge on any atom is 0.142 e. The fraction of sp³-hybridized carbons (Fsp3) is 0.250. The Hall–Kier alpha value is -2.34. The van der Waals surface area contributed by atoms with Crippen molar-refractivity contribution in [1.29, 1.82) is 5.26 Å². The molecule has 3 nitrogen and oxygen atoms in total. The Morgan fingerprint density at radius 3 is 2.63 bits per heavy atom. The van der Waals surface area contributed by atoms with E-state index < -0.39 is 0 Å². The summed E-state index contributed by atoms with van der Waals surface area (Å²) >= 11 is 0. The molecule has 1 N–H and O–H groups in total. The summed E-state index contributed by atoms with van der Waals surface area (Å²) in [5, 5.41) is 12.0. The smallest absolute Gasteiger partial charge is 0.142 e. The predicted octanol–water partition coefficient (Wildman–Crippen LogP) is 4.04. The summed E-state index contributed by atoms with van der Waals surface area (Å²) in [6, 6.07) is 15.8. The molecule has 3 heteroatoms. The van der Waals surface area contributed by atoms with Gasteiger partial charge in [0, 0.05) is 5.69 Å². The Bertz CT molecular complexity index is 567. The summed E-state index contributed by atoms with van der Waals surface area (Å²) in [7, 11) is 0. The highest BCUT2D eigenvalue weighted by Crippen LogP contribution is 2.16. The van der Waals surface area contributed by atoms with Gasteiger partial charge in [-0.1, -0.05) is 31.5 Å². The van der Waals surface area contributed by atoms with Crippen molar-refractivity contribution in [1.82, 2.24) is 4.98 Å². The highest BCUT2D eigenvalue weighted by molar-refractivity contribution is 5.56. The quantitative estimate of drug-likeness (QED) is 0.872. The van der Waals surface area contributed by atoms with Crippen molar-refractivity contribution in [3.05, 3.63) is 53.7 Å². The van der Waals surface area contributed by atoms with Crippen LogP contribution in [0, 0.1) is 11.3 Å². The van der Waals surface area contributed by atoms with Gasteiger partial charge in [0.15, 0.2) is 0 Å². The molecule has 0 unspecified atom stereocenters. The average molecular weight is 251 g/mol. The zero-order valence-electron chi connectivity index (χ0n) is 11.1. The first kappa shape index (κ1) is 13.1. The van der Waals surface area contributed by atoms with Gasteiger partial charge in [0.25, 0.3) is 0 Å². The van der Waals surface area contributed by atoms with Gasteiger partial charge in [-0.15, -0.1) is 0 Å². The third kappa shape index (κ3) is 3.82. The molecule has 2 aromatic rings. The maximum absolute atomic E-state index is 8.81. The number of hydrogen-bond acceptors (Lipinski definition) is 3. The highest BCUT2D eigenvalue weighted by atomic mass is 15.0. The number of anilines is 2. The van der Waals surface area contributed by atoms with E-state index in [0.29, 0.717) is 11.5 Å². The van der Waals surface area contributed by atoms with Gasteiger partial charge >= 0.3 is 0 Å². The number of pyridine rings is 1. The number of unbranched alkanes of at least 4 members (excludes halogenated alkanes) is 1. The van der Waals surface area contributed by atoms with E-state index in [1.54, 1.807) is 6.07 Å². The Kier molecular flexibility index (Phi) is 4.52. The number of nitrogens with zero attached hydrogens (tertiary/aromatic N) is 2. The lowest BCUT2D eigenvalue weighted by Gasteiger charge is -2.07. The minimum atomic E-state index is 0.421. The minimum absolute atomic E-state index is 0.421. The minimum Gasteiger partial charge on any atom is -0.340 e. The molecule has 0 aliphatic heterocycles. The molecule has 1 heterocycles. The number of aryl methyl sites for hydroxylation is 1. The summed E-state index contributed by atoms with van der Waals surface area (Å²) in [4.78, 5) is 4.19. The van der Waals surface area contributed by atoms with Crippen LogP contribution in [0.2, 0.25) is 0 Å². The van der Waals surface area contributed by atoms with Crippen LogP contribution >= 0.6 is 0 Å². The first-order valence-corrected chi connectivity index (χ1v) is 6.55. The van der Waals surface area contributed by atoms with Crippen molar-refractivity contribution in [3.63, 3.8) is 0 Å². The van der Waals surface area contributed by atoms with Gasteiger partial charge < -0.3 is 5.32 Å². The van der Waals surface area contributed by atoms with Crippen molar-refractivity contribution < 1.29 is 0 Å². The Labute approximate surface area is 113 Å². The summed E-state index contributed by atoms with van der Waals surface area (Å²) in [6.07, 6.45) is 3.56. The zero-order chi connectivity index (χ0) is 13.5. The molecule has 0 saturated heterocycles. The molecule has 0 spiro atoms. The average Bonchev–Trinajstić information content (AvgIpc) is 2.47. The monoisotopic (exact) mass is 251 g/mol. The van der Waals surface area contributed by atoms with Crippen LogP contribution in [0.25, 0.3) is 0 Å². The molecule has 0 aliphatic carbocycles. The van der Waals surface area contributed by atoms with Crippen LogP contribution < -0.4 is 5.32 Å². The van der Waals surface area contributed by atoms with Gasteiger partial charge in [-0.2, -0.15) is 5.26 Å². The van der Waals surface area contributed by atoms with Crippen molar-refractivity contribution in [3.8, 4) is 6.07 Å². The number of rotatable bonds is 5. The summed E-state index contributed by atoms with van der Waals surface area (Å²) < 4.78 is 0. The lowest BCUT2D eigenvalue weighted by molar-refractivity contribution is 0.795. The molecule has 0 radical (unpaired) electrons. The standard InChI is InChI=1S/C16H17N3/c1-2-3-5-13-8-10-14(11-9-13)18-16-7-4-6-15(12-17)19-16/h4,6-11H,2-3,5H2,1H3,(H,18,19). The summed E-state index contributed by atoms with van der Waals surface area (Å²) in [6.45, 7) is 2.20. The van der Waals surface area contributed by atoms with Crippen LogP contribution in [-0.4, -0.2) is 4.98 Å². The molecule has 0 fully saturated rings. The maximum atomic E-state index is 8.81. The van der Waals surface area contributed by atoms with Gasteiger partial charge in [-0.3, -0.25) is 0 Å². The number of nitriles is 1. The van der Waals surface area contributed by atoms with Crippen LogP contribution in [0.4, 0.5) is 11.5 Å². The van der Waals surface area contributed by atoms with Gasteiger partial charge in [0.05, 0.1) is 0 Å². The normalized spacial score (nSPS) is 9.89. The number of hydrogen-bond donors (Lipinski definition) is 1. The number of nitrogens with one attached hydrogen (secondary N) is 1. The fourth-order valence-electron chi connectivity index (χ4n) is 1.85. The van der Waals surface area contributed by atoms with Crippen LogP contribution in [-0.2, 0) is 6.42 Å². The van der Waals surface area contributed by atoms with E-state index >= 15 is 0 Å². The van der Waals surface area contributed by atoms with Crippen molar-refractivity contribution in [2.45, 2.75) is 26.2 Å². The first-order chi connectivity index (χ1) is 9.31. The van der Waals surface area contributed by atoms with Gasteiger partial charge in [0.2, 0.25) is 0 Å². The van der Waals surface area contributed by atoms with E-state index in [9.17, 15) is 0 Å². The summed E-state index contributed by atoms with van der Waals surface area (Å²) in [5.74, 6) is 0.695. The molecule has 19 heavy (non-hydrogen) atoms. The summed E-state index contributed by atoms with van der Waals surface area (Å²) in [5.41, 5.74) is 2.76. The lowest BCUT2D eigenvalue weighted by atomic mass is 10.1. The van der Waals surface area contributed by atoms with Gasteiger partial charge in [-0.25, -0.2) is 4.98 Å². The van der Waals surface area contributed by atoms with E-state index in [0.717, 1.165) is 12.1 Å². The second kappa shape index (κ2) is 6.55. The molecule has 1 aromatic heterocycles. The SMILES string of the molecule is CCCCc1ccc(Nc2cccc(C#N)n2)cc1. The van der Waals surface area contributed by atoms with Crippen LogP contribution in [0.1, 0.15) is 31.0 Å². The van der Waals surface area contributed by atoms with E-state index in [4.69, 9.17) is 5.26 Å². The van der Waals surface area contributed by atoms with E-state index in [-0.39, 0.29) is 0 Å². The van der Waals surface area contributed by atoms with Crippen molar-refractivity contribution in [2.75, 3.05) is 5.32 Å².